The maximum absolute atomic E-state index is 3.49. The van der Waals surface area contributed by atoms with Gasteiger partial charge >= 0.3 is 0 Å². The highest BCUT2D eigenvalue weighted by Crippen LogP contribution is 2.01. The van der Waals surface area contributed by atoms with Crippen LogP contribution in [0.3, 0.4) is 0 Å². The third kappa shape index (κ3) is 3.92. The molecule has 0 saturated carbocycles. The van der Waals surface area contributed by atoms with E-state index in [1.54, 1.807) is 0 Å². The van der Waals surface area contributed by atoms with Crippen molar-refractivity contribution in [2.24, 2.45) is 0 Å². The van der Waals surface area contributed by atoms with Gasteiger partial charge in [0.25, 0.3) is 0 Å². The lowest BCUT2D eigenvalue weighted by atomic mass is 10.2. The van der Waals surface area contributed by atoms with E-state index in [-0.39, 0.29) is 0 Å². The monoisotopic (exact) mass is 241 g/mol. The fourth-order valence-corrected chi connectivity index (χ4v) is 1.85. The molecule has 1 nitrogen and oxygen atoms in total. The van der Waals surface area contributed by atoms with Gasteiger partial charge in [0.15, 0.2) is 0 Å². The largest absolute Gasteiger partial charge is 0.309 e. The zero-order valence-corrected chi connectivity index (χ0v) is 9.55. The second-order valence-corrected chi connectivity index (χ2v) is 3.77. The Bertz CT molecular complexity index is 219. The third-order valence-corrected chi connectivity index (χ3v) is 2.90. The molecular weight excluding hydrogens is 226 g/mol. The molecule has 1 N–H and O–H groups in total. The highest BCUT2D eigenvalue weighted by Gasteiger charge is 2.01. The molecule has 72 valence electrons. The van der Waals surface area contributed by atoms with E-state index in [0.717, 1.165) is 18.3 Å². The number of hydrogen-bond donors (Lipinski definition) is 1. The summed E-state index contributed by atoms with van der Waals surface area (Å²) in [6.07, 6.45) is 1.16. The van der Waals surface area contributed by atoms with Crippen molar-refractivity contribution in [3.8, 4) is 0 Å². The molecule has 0 fully saturated rings. The molecule has 1 aromatic carbocycles. The normalized spacial score (nSPS) is 12.8. The number of hydrogen-bond acceptors (Lipinski definition) is 1. The number of halogens is 1. The van der Waals surface area contributed by atoms with Crippen molar-refractivity contribution in [2.45, 2.75) is 25.9 Å². The van der Waals surface area contributed by atoms with Crippen LogP contribution in [-0.4, -0.2) is 11.4 Å². The molecule has 0 amide bonds. The molecule has 0 aliphatic heterocycles. The molecule has 0 heterocycles. The molecule has 0 aliphatic rings. The van der Waals surface area contributed by atoms with E-state index in [0.29, 0.717) is 6.04 Å². The van der Waals surface area contributed by atoms with Crippen molar-refractivity contribution in [1.82, 2.24) is 5.32 Å². The van der Waals surface area contributed by atoms with Crippen molar-refractivity contribution in [2.75, 3.05) is 5.33 Å². The fourth-order valence-electron chi connectivity index (χ4n) is 1.17. The topological polar surface area (TPSA) is 12.0 Å². The second-order valence-electron chi connectivity index (χ2n) is 3.13. The summed E-state index contributed by atoms with van der Waals surface area (Å²) < 4.78 is 0. The Hall–Kier alpha value is -0.340. The van der Waals surface area contributed by atoms with Gasteiger partial charge in [0.2, 0.25) is 0 Å². The van der Waals surface area contributed by atoms with Crippen LogP contribution >= 0.6 is 15.9 Å². The van der Waals surface area contributed by atoms with E-state index in [2.05, 4.69) is 52.4 Å². The number of benzene rings is 1. The Morgan fingerprint density at radius 2 is 2.00 bits per heavy atom. The van der Waals surface area contributed by atoms with E-state index in [4.69, 9.17) is 0 Å². The minimum atomic E-state index is 0.584. The van der Waals surface area contributed by atoms with Crippen LogP contribution in [0.1, 0.15) is 18.9 Å². The molecule has 1 atom stereocenters. The van der Waals surface area contributed by atoms with Crippen LogP contribution in [0.15, 0.2) is 30.3 Å². The predicted octanol–water partition coefficient (Wildman–Crippen LogP) is 2.95. The van der Waals surface area contributed by atoms with Crippen molar-refractivity contribution < 1.29 is 0 Å². The maximum Gasteiger partial charge on any atom is 0.0208 e. The molecular formula is C11H16BrN. The third-order valence-electron chi connectivity index (χ3n) is 2.12. The van der Waals surface area contributed by atoms with Crippen LogP contribution in [0.5, 0.6) is 0 Å². The number of alkyl halides is 1. The Labute approximate surface area is 88.7 Å². The highest BCUT2D eigenvalue weighted by atomic mass is 79.9. The van der Waals surface area contributed by atoms with Crippen molar-refractivity contribution in [3.05, 3.63) is 35.9 Å². The van der Waals surface area contributed by atoms with Gasteiger partial charge in [0.05, 0.1) is 0 Å². The zero-order chi connectivity index (χ0) is 9.52. The summed E-state index contributed by atoms with van der Waals surface area (Å²) in [6.45, 7) is 3.16. The molecule has 0 bridgehead atoms. The molecule has 0 radical (unpaired) electrons. The predicted molar refractivity (Wildman–Crippen MR) is 61.2 cm³/mol. The summed E-state index contributed by atoms with van der Waals surface area (Å²) >= 11 is 3.49. The average Bonchev–Trinajstić information content (AvgIpc) is 2.21. The van der Waals surface area contributed by atoms with Crippen LogP contribution in [0.2, 0.25) is 0 Å². The molecule has 1 rings (SSSR count). The summed E-state index contributed by atoms with van der Waals surface area (Å²) in [4.78, 5) is 0. The molecule has 1 aromatic rings. The Kier molecular flexibility index (Phi) is 5.09. The maximum atomic E-state index is 3.49. The summed E-state index contributed by atoms with van der Waals surface area (Å²) in [5, 5.41) is 4.51. The number of nitrogens with one attached hydrogen (secondary N) is 1. The van der Waals surface area contributed by atoms with Crippen molar-refractivity contribution >= 4 is 15.9 Å². The quantitative estimate of drug-likeness (QED) is 0.783. The van der Waals surface area contributed by atoms with Gasteiger partial charge in [-0.15, -0.1) is 0 Å². The lowest BCUT2D eigenvalue weighted by Gasteiger charge is -2.13. The molecule has 13 heavy (non-hydrogen) atoms. The first kappa shape index (κ1) is 10.7. The van der Waals surface area contributed by atoms with Crippen molar-refractivity contribution in [3.63, 3.8) is 0 Å². The minimum Gasteiger partial charge on any atom is -0.309 e. The van der Waals surface area contributed by atoms with Gasteiger partial charge in [-0.1, -0.05) is 53.2 Å². The summed E-state index contributed by atoms with van der Waals surface area (Å²) in [5.74, 6) is 0. The standard InChI is InChI=1S/C11H16BrN/c1-2-11(8-12)13-9-10-6-4-3-5-7-10/h3-7,11,13H,2,8-9H2,1H3/t11-/m0/s1. The first-order chi connectivity index (χ1) is 6.36. The fraction of sp³-hybridized carbons (Fsp3) is 0.455. The van der Waals surface area contributed by atoms with Crippen LogP contribution in [0.4, 0.5) is 0 Å². The SMILES string of the molecule is CC[C@@H](CBr)NCc1ccccc1. The van der Waals surface area contributed by atoms with Gasteiger partial charge in [0.1, 0.15) is 0 Å². The van der Waals surface area contributed by atoms with Gasteiger partial charge in [-0.3, -0.25) is 0 Å². The van der Waals surface area contributed by atoms with E-state index in [1.807, 2.05) is 6.07 Å². The first-order valence-corrected chi connectivity index (χ1v) is 5.82. The summed E-state index contributed by atoms with van der Waals surface area (Å²) in [5.41, 5.74) is 1.35. The Morgan fingerprint density at radius 3 is 2.54 bits per heavy atom. The van der Waals surface area contributed by atoms with Crippen LogP contribution in [0.25, 0.3) is 0 Å². The molecule has 0 spiro atoms. The van der Waals surface area contributed by atoms with Gasteiger partial charge in [0, 0.05) is 17.9 Å². The molecule has 0 unspecified atom stereocenters. The van der Waals surface area contributed by atoms with E-state index >= 15 is 0 Å². The lowest BCUT2D eigenvalue weighted by Crippen LogP contribution is -2.29. The van der Waals surface area contributed by atoms with Crippen LogP contribution in [0, 0.1) is 0 Å². The molecule has 0 aliphatic carbocycles. The van der Waals surface area contributed by atoms with Crippen molar-refractivity contribution in [1.29, 1.82) is 0 Å². The summed E-state index contributed by atoms with van der Waals surface area (Å²) in [6, 6.07) is 11.1. The minimum absolute atomic E-state index is 0.584. The van der Waals surface area contributed by atoms with Gasteiger partial charge in [-0.2, -0.15) is 0 Å². The molecule has 0 aromatic heterocycles. The second kappa shape index (κ2) is 6.17. The first-order valence-electron chi connectivity index (χ1n) is 4.70. The van der Waals surface area contributed by atoms with Gasteiger partial charge < -0.3 is 5.32 Å². The smallest absolute Gasteiger partial charge is 0.0208 e. The van der Waals surface area contributed by atoms with Gasteiger partial charge in [-0.25, -0.2) is 0 Å². The lowest BCUT2D eigenvalue weighted by molar-refractivity contribution is 0.543. The molecule has 0 saturated heterocycles. The Balaban J connectivity index is 2.34. The van der Waals surface area contributed by atoms with E-state index in [1.165, 1.54) is 5.56 Å². The Morgan fingerprint density at radius 1 is 1.31 bits per heavy atom. The van der Waals surface area contributed by atoms with E-state index < -0.39 is 0 Å². The van der Waals surface area contributed by atoms with Crippen LogP contribution < -0.4 is 5.32 Å². The molecule has 2 heteroatoms. The van der Waals surface area contributed by atoms with Gasteiger partial charge in [-0.05, 0) is 12.0 Å². The summed E-state index contributed by atoms with van der Waals surface area (Å²) in [7, 11) is 0. The highest BCUT2D eigenvalue weighted by molar-refractivity contribution is 9.09. The number of rotatable bonds is 5. The average molecular weight is 242 g/mol. The van der Waals surface area contributed by atoms with E-state index in [9.17, 15) is 0 Å². The zero-order valence-electron chi connectivity index (χ0n) is 7.96. The van der Waals surface area contributed by atoms with Crippen LogP contribution in [-0.2, 0) is 6.54 Å².